The van der Waals surface area contributed by atoms with Crippen LogP contribution in [0.3, 0.4) is 0 Å². The van der Waals surface area contributed by atoms with Crippen molar-refractivity contribution < 1.29 is 4.74 Å². The van der Waals surface area contributed by atoms with Gasteiger partial charge in [-0.2, -0.15) is 0 Å². The molecule has 0 aromatic heterocycles. The molecule has 1 saturated heterocycles. The molecule has 0 aliphatic carbocycles. The smallest absolute Gasteiger partial charge is 0.0870 e. The summed E-state index contributed by atoms with van der Waals surface area (Å²) in [6.45, 7) is 8.10. The van der Waals surface area contributed by atoms with Crippen LogP contribution in [0.15, 0.2) is 0 Å². The molecule has 1 rings (SSSR count). The quantitative estimate of drug-likeness (QED) is 0.727. The summed E-state index contributed by atoms with van der Waals surface area (Å²) in [4.78, 5) is 2.85. The fourth-order valence-electron chi connectivity index (χ4n) is 1.94. The molecule has 3 nitrogen and oxygen atoms in total. The number of ether oxygens (including phenoxy) is 1. The van der Waals surface area contributed by atoms with Crippen molar-refractivity contribution >= 4 is 17.2 Å². The lowest BCUT2D eigenvalue weighted by molar-refractivity contribution is 0.0287. The molecular formula is C11H22N2OS. The molecule has 15 heavy (non-hydrogen) atoms. The fourth-order valence-corrected chi connectivity index (χ4v) is 2.11. The van der Waals surface area contributed by atoms with Gasteiger partial charge in [0.05, 0.1) is 17.2 Å². The zero-order chi connectivity index (χ0) is 11.4. The van der Waals surface area contributed by atoms with E-state index in [0.717, 1.165) is 13.0 Å². The number of nitrogens with two attached hydrogens (primary N) is 1. The van der Waals surface area contributed by atoms with Crippen LogP contribution in [0.2, 0.25) is 0 Å². The van der Waals surface area contributed by atoms with E-state index in [2.05, 4.69) is 25.7 Å². The predicted octanol–water partition coefficient (Wildman–Crippen LogP) is 1.55. The highest BCUT2D eigenvalue weighted by atomic mass is 32.1. The van der Waals surface area contributed by atoms with Crippen LogP contribution in [0.4, 0.5) is 0 Å². The average molecular weight is 230 g/mol. The summed E-state index contributed by atoms with van der Waals surface area (Å²) < 4.78 is 5.80. The fraction of sp³-hybridized carbons (Fsp3) is 0.909. The average Bonchev–Trinajstić information content (AvgIpc) is 2.49. The topological polar surface area (TPSA) is 38.5 Å². The molecule has 2 unspecified atom stereocenters. The van der Waals surface area contributed by atoms with E-state index in [1.54, 1.807) is 0 Å². The van der Waals surface area contributed by atoms with E-state index < -0.39 is 0 Å². The van der Waals surface area contributed by atoms with Crippen molar-refractivity contribution in [3.63, 3.8) is 0 Å². The van der Waals surface area contributed by atoms with Crippen LogP contribution in [0.5, 0.6) is 0 Å². The molecule has 0 spiro atoms. The molecule has 1 aliphatic rings. The first-order valence-corrected chi connectivity index (χ1v) is 6.07. The van der Waals surface area contributed by atoms with E-state index in [1.165, 1.54) is 6.42 Å². The third-order valence-electron chi connectivity index (χ3n) is 2.85. The summed E-state index contributed by atoms with van der Waals surface area (Å²) in [6, 6.07) is 0.464. The van der Waals surface area contributed by atoms with Gasteiger partial charge in [-0.25, -0.2) is 0 Å². The Morgan fingerprint density at radius 1 is 1.53 bits per heavy atom. The Hall–Kier alpha value is -0.190. The van der Waals surface area contributed by atoms with Crippen LogP contribution in [-0.2, 0) is 4.74 Å². The highest BCUT2D eigenvalue weighted by Gasteiger charge is 2.24. The Bertz CT molecular complexity index is 221. The number of hydrogen-bond acceptors (Lipinski definition) is 3. The molecule has 0 aromatic carbocycles. The summed E-state index contributed by atoms with van der Waals surface area (Å²) in [5, 5.41) is 0. The summed E-state index contributed by atoms with van der Waals surface area (Å²) in [5.74, 6) is 0. The second-order valence-corrected chi connectivity index (χ2v) is 5.16. The Labute approximate surface area is 98.0 Å². The molecule has 0 saturated carbocycles. The molecule has 1 fully saturated rings. The third kappa shape index (κ3) is 4.45. The Balaban J connectivity index is 2.40. The van der Waals surface area contributed by atoms with Gasteiger partial charge in [-0.1, -0.05) is 12.2 Å². The normalized spacial score (nSPS) is 26.5. The van der Waals surface area contributed by atoms with Crippen molar-refractivity contribution in [2.24, 2.45) is 5.73 Å². The van der Waals surface area contributed by atoms with E-state index in [0.29, 0.717) is 29.8 Å². The van der Waals surface area contributed by atoms with Gasteiger partial charge < -0.3 is 10.5 Å². The Morgan fingerprint density at radius 2 is 2.20 bits per heavy atom. The van der Waals surface area contributed by atoms with Crippen LogP contribution >= 0.6 is 12.2 Å². The summed E-state index contributed by atoms with van der Waals surface area (Å²) >= 11 is 4.95. The third-order valence-corrected chi connectivity index (χ3v) is 2.98. The van der Waals surface area contributed by atoms with E-state index >= 15 is 0 Å². The minimum absolute atomic E-state index is 0.358. The molecule has 1 aliphatic heterocycles. The lowest BCUT2D eigenvalue weighted by atomic mass is 10.2. The van der Waals surface area contributed by atoms with Crippen LogP contribution < -0.4 is 5.73 Å². The largest absolute Gasteiger partial charge is 0.392 e. The van der Waals surface area contributed by atoms with Gasteiger partial charge in [-0.3, -0.25) is 4.90 Å². The first-order valence-electron chi connectivity index (χ1n) is 5.67. The van der Waals surface area contributed by atoms with Gasteiger partial charge in [0.25, 0.3) is 0 Å². The minimum atomic E-state index is 0.358. The summed E-state index contributed by atoms with van der Waals surface area (Å²) in [7, 11) is 0. The van der Waals surface area contributed by atoms with Crippen molar-refractivity contribution in [3.05, 3.63) is 0 Å². The maximum Gasteiger partial charge on any atom is 0.0870 e. The van der Waals surface area contributed by atoms with Crippen LogP contribution in [0, 0.1) is 0 Å². The molecule has 0 amide bonds. The molecule has 2 atom stereocenters. The van der Waals surface area contributed by atoms with Crippen molar-refractivity contribution in [1.82, 2.24) is 4.90 Å². The maximum atomic E-state index is 5.80. The van der Waals surface area contributed by atoms with Crippen LogP contribution in [-0.4, -0.2) is 41.2 Å². The van der Waals surface area contributed by atoms with Crippen molar-refractivity contribution in [2.75, 3.05) is 13.1 Å². The first-order chi connectivity index (χ1) is 6.99. The zero-order valence-corrected chi connectivity index (χ0v) is 10.7. The first kappa shape index (κ1) is 12.9. The standard InChI is InChI=1S/C11H22N2OS/c1-8(2)13(7-11(12)15)6-10-5-4-9(3)14-10/h8-10H,4-7H2,1-3H3,(H2,12,15). The highest BCUT2D eigenvalue weighted by molar-refractivity contribution is 7.80. The van der Waals surface area contributed by atoms with E-state index in [4.69, 9.17) is 22.7 Å². The van der Waals surface area contributed by atoms with Gasteiger partial charge in [0.15, 0.2) is 0 Å². The molecule has 88 valence electrons. The molecule has 2 N–H and O–H groups in total. The lowest BCUT2D eigenvalue weighted by Gasteiger charge is -2.28. The molecule has 4 heteroatoms. The van der Waals surface area contributed by atoms with Gasteiger partial charge in [0.1, 0.15) is 0 Å². The van der Waals surface area contributed by atoms with Gasteiger partial charge >= 0.3 is 0 Å². The zero-order valence-electron chi connectivity index (χ0n) is 9.90. The molecule has 0 radical (unpaired) electrons. The van der Waals surface area contributed by atoms with Gasteiger partial charge in [0, 0.05) is 19.1 Å². The highest BCUT2D eigenvalue weighted by Crippen LogP contribution is 2.20. The van der Waals surface area contributed by atoms with Gasteiger partial charge in [-0.05, 0) is 33.6 Å². The number of rotatable bonds is 5. The van der Waals surface area contributed by atoms with Gasteiger partial charge in [0.2, 0.25) is 0 Å². The van der Waals surface area contributed by atoms with Gasteiger partial charge in [-0.15, -0.1) is 0 Å². The molecule has 0 aromatic rings. The second kappa shape index (κ2) is 5.77. The Morgan fingerprint density at radius 3 is 2.60 bits per heavy atom. The lowest BCUT2D eigenvalue weighted by Crippen LogP contribution is -2.42. The number of hydrogen-bond donors (Lipinski definition) is 1. The van der Waals surface area contributed by atoms with Crippen LogP contribution in [0.1, 0.15) is 33.6 Å². The maximum absolute atomic E-state index is 5.80. The summed E-state index contributed by atoms with van der Waals surface area (Å²) in [5.41, 5.74) is 5.58. The van der Waals surface area contributed by atoms with E-state index in [9.17, 15) is 0 Å². The molecule has 1 heterocycles. The van der Waals surface area contributed by atoms with Crippen molar-refractivity contribution in [1.29, 1.82) is 0 Å². The van der Waals surface area contributed by atoms with Crippen LogP contribution in [0.25, 0.3) is 0 Å². The van der Waals surface area contributed by atoms with E-state index in [-0.39, 0.29) is 0 Å². The second-order valence-electron chi connectivity index (χ2n) is 4.64. The minimum Gasteiger partial charge on any atom is -0.392 e. The molecule has 0 bridgehead atoms. The molecular weight excluding hydrogens is 208 g/mol. The SMILES string of the molecule is CC1CCC(CN(CC(N)=S)C(C)C)O1. The monoisotopic (exact) mass is 230 g/mol. The summed E-state index contributed by atoms with van der Waals surface area (Å²) in [6.07, 6.45) is 3.09. The Kier molecular flexibility index (Phi) is 4.96. The van der Waals surface area contributed by atoms with E-state index in [1.807, 2.05) is 0 Å². The van der Waals surface area contributed by atoms with Crippen molar-refractivity contribution in [3.8, 4) is 0 Å². The number of thiocarbonyl (C=S) groups is 1. The van der Waals surface area contributed by atoms with Crippen molar-refractivity contribution in [2.45, 2.75) is 51.9 Å². The number of nitrogens with zero attached hydrogens (tertiary/aromatic N) is 1. The predicted molar refractivity (Wildman–Crippen MR) is 67.1 cm³/mol.